The fraction of sp³-hybridized carbons (Fsp3) is 0.667. The Morgan fingerprint density at radius 2 is 1.95 bits per heavy atom. The molecule has 1 aliphatic heterocycles. The van der Waals surface area contributed by atoms with Gasteiger partial charge in [0.25, 0.3) is 0 Å². The average Bonchev–Trinajstić information content (AvgIpc) is 3.19. The lowest BCUT2D eigenvalue weighted by Gasteiger charge is -2.19. The molecule has 5 heteroatoms. The van der Waals surface area contributed by atoms with Gasteiger partial charge in [-0.15, -0.1) is 13.2 Å². The van der Waals surface area contributed by atoms with Crippen molar-refractivity contribution in [2.75, 3.05) is 19.7 Å². The molecule has 1 unspecified atom stereocenters. The van der Waals surface area contributed by atoms with E-state index >= 15 is 0 Å². The van der Waals surface area contributed by atoms with Crippen molar-refractivity contribution in [2.45, 2.75) is 45.8 Å². The van der Waals surface area contributed by atoms with Gasteiger partial charge in [0, 0.05) is 13.1 Å². The van der Waals surface area contributed by atoms with E-state index in [2.05, 4.69) is 25.4 Å². The second-order valence-electron chi connectivity index (χ2n) is 5.06. The van der Waals surface area contributed by atoms with Gasteiger partial charge in [-0.2, -0.15) is 0 Å². The molecule has 3 N–H and O–H groups in total. The van der Waals surface area contributed by atoms with Crippen LogP contribution in [0, 0.1) is 0 Å². The van der Waals surface area contributed by atoms with Crippen LogP contribution >= 0.6 is 0 Å². The molecule has 1 saturated heterocycles. The number of ether oxygens (including phenoxy) is 2. The summed E-state index contributed by atoms with van der Waals surface area (Å²) in [4.78, 5) is 10.8. The molecule has 1 fully saturated rings. The minimum atomic E-state index is -0.425. The summed E-state index contributed by atoms with van der Waals surface area (Å²) in [6.07, 6.45) is 4.68. The summed E-state index contributed by atoms with van der Waals surface area (Å²) in [5.74, 6) is 0. The summed E-state index contributed by atoms with van der Waals surface area (Å²) in [6, 6.07) is 0. The third-order valence-electron chi connectivity index (χ3n) is 1.81. The monoisotopic (exact) mass is 286 g/mol. The van der Waals surface area contributed by atoms with Crippen LogP contribution in [0.2, 0.25) is 0 Å². The molecule has 0 aromatic rings. The first kappa shape index (κ1) is 21.0. The predicted molar refractivity (Wildman–Crippen MR) is 83.7 cm³/mol. The maximum atomic E-state index is 10.8. The van der Waals surface area contributed by atoms with Gasteiger partial charge >= 0.3 is 6.09 Å². The van der Waals surface area contributed by atoms with Crippen LogP contribution in [0.3, 0.4) is 0 Å². The number of nitrogens with two attached hydrogens (primary N) is 1. The van der Waals surface area contributed by atoms with Crippen molar-refractivity contribution in [3.63, 3.8) is 0 Å². The molecule has 1 amide bonds. The second kappa shape index (κ2) is 12.7. The first-order chi connectivity index (χ1) is 9.30. The highest BCUT2D eigenvalue weighted by atomic mass is 16.6. The molecular formula is C15H30N2O3. The van der Waals surface area contributed by atoms with Crippen molar-refractivity contribution in [1.29, 1.82) is 0 Å². The first-order valence-corrected chi connectivity index (χ1v) is 6.81. The molecular weight excluding hydrogens is 256 g/mol. The van der Waals surface area contributed by atoms with Gasteiger partial charge in [-0.3, -0.25) is 0 Å². The van der Waals surface area contributed by atoms with Crippen LogP contribution < -0.4 is 11.1 Å². The summed E-state index contributed by atoms with van der Waals surface area (Å²) in [5, 5.41) is 2.51. The van der Waals surface area contributed by atoms with Crippen LogP contribution in [0.4, 0.5) is 4.79 Å². The van der Waals surface area contributed by atoms with E-state index in [-0.39, 0.29) is 0 Å². The fourth-order valence-corrected chi connectivity index (χ4v) is 0.773. The molecule has 0 saturated carbocycles. The number of hydrogen-bond donors (Lipinski definition) is 2. The summed E-state index contributed by atoms with van der Waals surface area (Å²) in [7, 11) is 0. The van der Waals surface area contributed by atoms with E-state index in [4.69, 9.17) is 15.2 Å². The second-order valence-corrected chi connectivity index (χ2v) is 5.06. The zero-order valence-electron chi connectivity index (χ0n) is 13.3. The van der Waals surface area contributed by atoms with Crippen molar-refractivity contribution >= 4 is 6.09 Å². The highest BCUT2D eigenvalue weighted by molar-refractivity contribution is 5.67. The Balaban J connectivity index is 0. The molecule has 1 rings (SSSR count). The average molecular weight is 286 g/mol. The zero-order valence-corrected chi connectivity index (χ0v) is 13.3. The quantitative estimate of drug-likeness (QED) is 0.615. The molecule has 0 radical (unpaired) electrons. The Bertz CT molecular complexity index is 269. The van der Waals surface area contributed by atoms with E-state index in [9.17, 15) is 4.79 Å². The molecule has 5 nitrogen and oxygen atoms in total. The number of carbonyl (C=O) groups excluding carboxylic acids is 1. The van der Waals surface area contributed by atoms with E-state index in [0.29, 0.717) is 19.2 Å². The van der Waals surface area contributed by atoms with Gasteiger partial charge < -0.3 is 20.5 Å². The largest absolute Gasteiger partial charge is 0.444 e. The number of nitrogens with one attached hydrogen (secondary N) is 1. The molecule has 118 valence electrons. The van der Waals surface area contributed by atoms with Crippen LogP contribution in [0.1, 0.15) is 34.1 Å². The third kappa shape index (κ3) is 21.9. The number of epoxide rings is 1. The number of carbonyl (C=O) groups is 1. The molecule has 1 aliphatic rings. The van der Waals surface area contributed by atoms with Gasteiger partial charge in [-0.05, 0) is 27.2 Å². The van der Waals surface area contributed by atoms with E-state index < -0.39 is 11.7 Å². The maximum absolute atomic E-state index is 10.8. The standard InChI is InChI=1S/C8H15NO2.C4H8O.C3H7N/c1-5-6-9-7(10)11-8(2,3)4;1-2-4-3-5-4;1-2-3-4/h5H,1,6H2,2-4H3,(H,9,10);4H,2-3H2,1H3;2H,1,3-4H2. The number of amides is 1. The van der Waals surface area contributed by atoms with Crippen molar-refractivity contribution in [1.82, 2.24) is 5.32 Å². The fourth-order valence-electron chi connectivity index (χ4n) is 0.773. The Morgan fingerprint density at radius 1 is 1.45 bits per heavy atom. The molecule has 0 spiro atoms. The molecule has 0 aliphatic carbocycles. The van der Waals surface area contributed by atoms with Crippen LogP contribution in [-0.4, -0.2) is 37.5 Å². The third-order valence-corrected chi connectivity index (χ3v) is 1.81. The topological polar surface area (TPSA) is 76.9 Å². The highest BCUT2D eigenvalue weighted by Gasteiger charge is 2.18. The van der Waals surface area contributed by atoms with E-state index in [1.165, 1.54) is 6.42 Å². The lowest BCUT2D eigenvalue weighted by molar-refractivity contribution is 0.0534. The SMILES string of the molecule is C=CCN.C=CCNC(=O)OC(C)(C)C.CCC1CO1. The normalized spacial score (nSPS) is 15.6. The zero-order chi connectivity index (χ0) is 16.0. The van der Waals surface area contributed by atoms with Gasteiger partial charge in [0.2, 0.25) is 0 Å². The van der Waals surface area contributed by atoms with Gasteiger partial charge in [-0.1, -0.05) is 19.1 Å². The Hall–Kier alpha value is -1.33. The Labute approximate surface area is 123 Å². The Kier molecular flexibility index (Phi) is 13.3. The van der Waals surface area contributed by atoms with Crippen molar-refractivity contribution < 1.29 is 14.3 Å². The smallest absolute Gasteiger partial charge is 0.407 e. The minimum absolute atomic E-state index is 0.405. The van der Waals surface area contributed by atoms with Gasteiger partial charge in [0.15, 0.2) is 0 Å². The highest BCUT2D eigenvalue weighted by Crippen LogP contribution is 2.10. The first-order valence-electron chi connectivity index (χ1n) is 6.81. The summed E-state index contributed by atoms with van der Waals surface area (Å²) in [6.45, 7) is 16.4. The summed E-state index contributed by atoms with van der Waals surface area (Å²) in [5.41, 5.74) is 4.48. The van der Waals surface area contributed by atoms with Gasteiger partial charge in [-0.25, -0.2) is 4.79 Å². The van der Waals surface area contributed by atoms with E-state index in [1.807, 2.05) is 20.8 Å². The van der Waals surface area contributed by atoms with E-state index in [0.717, 1.165) is 6.61 Å². The lowest BCUT2D eigenvalue weighted by atomic mass is 10.2. The van der Waals surface area contributed by atoms with Crippen LogP contribution in [-0.2, 0) is 9.47 Å². The number of alkyl carbamates (subject to hydrolysis) is 1. The minimum Gasteiger partial charge on any atom is -0.444 e. The molecule has 1 atom stereocenters. The molecule has 0 aromatic heterocycles. The van der Waals surface area contributed by atoms with Crippen LogP contribution in [0.5, 0.6) is 0 Å². The van der Waals surface area contributed by atoms with Gasteiger partial charge in [0.1, 0.15) is 5.60 Å². The molecule has 20 heavy (non-hydrogen) atoms. The maximum Gasteiger partial charge on any atom is 0.407 e. The molecule has 0 aromatic carbocycles. The lowest BCUT2D eigenvalue weighted by Crippen LogP contribution is -2.32. The van der Waals surface area contributed by atoms with Crippen molar-refractivity contribution in [2.24, 2.45) is 5.73 Å². The number of hydrogen-bond acceptors (Lipinski definition) is 4. The summed E-state index contributed by atoms with van der Waals surface area (Å²) < 4.78 is 9.80. The molecule has 0 bridgehead atoms. The Morgan fingerprint density at radius 3 is 2.15 bits per heavy atom. The summed E-state index contributed by atoms with van der Waals surface area (Å²) >= 11 is 0. The van der Waals surface area contributed by atoms with Crippen LogP contribution in [0.15, 0.2) is 25.3 Å². The van der Waals surface area contributed by atoms with Crippen molar-refractivity contribution in [3.8, 4) is 0 Å². The molecule has 1 heterocycles. The van der Waals surface area contributed by atoms with Gasteiger partial charge in [0.05, 0.1) is 12.7 Å². The van der Waals surface area contributed by atoms with Crippen molar-refractivity contribution in [3.05, 3.63) is 25.3 Å². The van der Waals surface area contributed by atoms with E-state index in [1.54, 1.807) is 12.2 Å². The predicted octanol–water partition coefficient (Wildman–Crippen LogP) is 2.62. The van der Waals surface area contributed by atoms with Crippen LogP contribution in [0.25, 0.3) is 0 Å². The number of rotatable bonds is 4.